The fourth-order valence-electron chi connectivity index (χ4n) is 2.11. The Kier molecular flexibility index (Phi) is 4.46. The molecule has 2 heterocycles. The van der Waals surface area contributed by atoms with Gasteiger partial charge in [0.05, 0.1) is 0 Å². The average Bonchev–Trinajstić information content (AvgIpc) is 2.60. The third-order valence-electron chi connectivity index (χ3n) is 3.19. The zero-order valence-corrected chi connectivity index (χ0v) is 12.6. The first kappa shape index (κ1) is 15.6. The van der Waals surface area contributed by atoms with Gasteiger partial charge in [-0.25, -0.2) is 4.79 Å². The molecular weight excluding hydrogens is 316 g/mol. The molecule has 0 spiro atoms. The quantitative estimate of drug-likeness (QED) is 0.507. The van der Waals surface area contributed by atoms with Crippen LogP contribution in [0, 0.1) is 5.21 Å². The lowest BCUT2D eigenvalue weighted by Gasteiger charge is -2.18. The molecule has 3 rings (SSSR count). The van der Waals surface area contributed by atoms with E-state index in [1.807, 2.05) is 0 Å². The van der Waals surface area contributed by atoms with Crippen molar-refractivity contribution >= 4 is 17.6 Å². The van der Waals surface area contributed by atoms with Crippen LogP contribution < -0.4 is 19.5 Å². The molecule has 8 heteroatoms. The van der Waals surface area contributed by atoms with E-state index in [1.54, 1.807) is 18.2 Å². The molecule has 124 valence electrons. The average molecular weight is 330 g/mol. The Bertz CT molecular complexity index is 777. The van der Waals surface area contributed by atoms with Gasteiger partial charge in [0.1, 0.15) is 13.2 Å². The van der Waals surface area contributed by atoms with Crippen LogP contribution in [0.3, 0.4) is 0 Å². The number of rotatable bonds is 4. The number of benzene rings is 1. The van der Waals surface area contributed by atoms with Gasteiger partial charge in [-0.2, -0.15) is 4.73 Å². The van der Waals surface area contributed by atoms with Crippen molar-refractivity contribution in [2.24, 2.45) is 0 Å². The summed E-state index contributed by atoms with van der Waals surface area (Å²) in [4.78, 5) is 23.6. The Labute approximate surface area is 137 Å². The van der Waals surface area contributed by atoms with E-state index in [9.17, 15) is 14.8 Å². The van der Waals surface area contributed by atoms with Gasteiger partial charge in [-0.15, -0.1) is 0 Å². The predicted molar refractivity (Wildman–Crippen MR) is 81.7 cm³/mol. The second-order valence-electron chi connectivity index (χ2n) is 4.89. The molecule has 0 saturated carbocycles. The maximum Gasteiger partial charge on any atom is 0.405 e. The predicted octanol–water partition coefficient (Wildman–Crippen LogP) is 0.887. The van der Waals surface area contributed by atoms with Crippen LogP contribution in [0.2, 0.25) is 0 Å². The Morgan fingerprint density at radius 3 is 2.75 bits per heavy atom. The molecule has 2 aromatic rings. The summed E-state index contributed by atoms with van der Waals surface area (Å²) in [6.07, 6.45) is 1.17. The smallest absolute Gasteiger partial charge is 0.405 e. The van der Waals surface area contributed by atoms with Crippen molar-refractivity contribution in [3.63, 3.8) is 0 Å². The second kappa shape index (κ2) is 6.86. The molecule has 1 aromatic heterocycles. The van der Waals surface area contributed by atoms with Crippen LogP contribution in [0.25, 0.3) is 0 Å². The highest BCUT2D eigenvalue weighted by Crippen LogP contribution is 2.32. The number of carbonyl (C=O) groups excluding carboxylic acids is 2. The number of fused-ring (bicyclic) bond motifs is 1. The molecule has 1 amide bonds. The lowest BCUT2D eigenvalue weighted by molar-refractivity contribution is -0.608. The van der Waals surface area contributed by atoms with Crippen molar-refractivity contribution in [1.29, 1.82) is 0 Å². The zero-order valence-electron chi connectivity index (χ0n) is 12.6. The van der Waals surface area contributed by atoms with Crippen LogP contribution >= 0.6 is 0 Å². The Balaban J connectivity index is 1.56. The number of anilines is 1. The number of carbonyl (C=O) groups is 2. The van der Waals surface area contributed by atoms with Crippen LogP contribution in [0.4, 0.5) is 5.69 Å². The monoisotopic (exact) mass is 330 g/mol. The van der Waals surface area contributed by atoms with E-state index >= 15 is 0 Å². The third-order valence-corrected chi connectivity index (χ3v) is 3.19. The molecule has 1 aromatic carbocycles. The topological polar surface area (TPSA) is 101 Å². The van der Waals surface area contributed by atoms with E-state index in [-0.39, 0.29) is 5.69 Å². The van der Waals surface area contributed by atoms with E-state index < -0.39 is 18.5 Å². The molecule has 0 unspecified atom stereocenters. The molecule has 0 fully saturated rings. The summed E-state index contributed by atoms with van der Waals surface area (Å²) >= 11 is 0. The summed E-state index contributed by atoms with van der Waals surface area (Å²) in [6, 6.07) is 9.28. The molecule has 1 N–H and O–H groups in total. The zero-order chi connectivity index (χ0) is 16.9. The van der Waals surface area contributed by atoms with E-state index in [2.05, 4.69) is 5.32 Å². The largest absolute Gasteiger partial charge is 0.618 e. The number of aromatic nitrogens is 1. The molecule has 24 heavy (non-hydrogen) atoms. The first-order valence-corrected chi connectivity index (χ1v) is 7.18. The highest BCUT2D eigenvalue weighted by Gasteiger charge is 2.18. The van der Waals surface area contributed by atoms with E-state index in [0.29, 0.717) is 35.1 Å². The van der Waals surface area contributed by atoms with Crippen molar-refractivity contribution in [2.45, 2.75) is 0 Å². The number of ether oxygens (including phenoxy) is 3. The van der Waals surface area contributed by atoms with Crippen LogP contribution in [-0.4, -0.2) is 31.7 Å². The minimum atomic E-state index is -0.872. The molecule has 0 atom stereocenters. The molecule has 1 aliphatic heterocycles. The minimum absolute atomic E-state index is 0.190. The van der Waals surface area contributed by atoms with Crippen LogP contribution in [-0.2, 0) is 9.53 Å². The number of amides is 1. The molecular formula is C16H14N2O6. The molecule has 0 bridgehead atoms. The van der Waals surface area contributed by atoms with Gasteiger partial charge < -0.3 is 24.7 Å². The van der Waals surface area contributed by atoms with Gasteiger partial charge in [-0.3, -0.25) is 4.79 Å². The SMILES string of the molecule is O=C(COC(=O)c1cccc[n+]1[O-])Nc1ccc2c(c1)OCCO2. The molecule has 0 aliphatic carbocycles. The van der Waals surface area contributed by atoms with Gasteiger partial charge in [-0.1, -0.05) is 0 Å². The Morgan fingerprint density at radius 2 is 1.96 bits per heavy atom. The summed E-state index contributed by atoms with van der Waals surface area (Å²) in [5, 5.41) is 14.0. The molecule has 0 radical (unpaired) electrons. The second-order valence-corrected chi connectivity index (χ2v) is 4.89. The summed E-state index contributed by atoms with van der Waals surface area (Å²) in [5.41, 5.74) is 0.295. The molecule has 1 aliphatic rings. The van der Waals surface area contributed by atoms with E-state index in [4.69, 9.17) is 14.2 Å². The van der Waals surface area contributed by atoms with E-state index in [1.165, 1.54) is 24.4 Å². The fourth-order valence-corrected chi connectivity index (χ4v) is 2.11. The number of pyridine rings is 1. The summed E-state index contributed by atoms with van der Waals surface area (Å²) < 4.78 is 16.0. The fraction of sp³-hybridized carbons (Fsp3) is 0.188. The standard InChI is InChI=1S/C16H14N2O6/c19-15(10-24-16(20)12-3-1-2-6-18(12)21)17-11-4-5-13-14(9-11)23-8-7-22-13/h1-6,9H,7-8,10H2,(H,17,19). The van der Waals surface area contributed by atoms with Crippen molar-refractivity contribution in [1.82, 2.24) is 0 Å². The maximum absolute atomic E-state index is 11.9. The minimum Gasteiger partial charge on any atom is -0.618 e. The van der Waals surface area contributed by atoms with Crippen LogP contribution in [0.5, 0.6) is 11.5 Å². The lowest BCUT2D eigenvalue weighted by atomic mass is 10.2. The maximum atomic E-state index is 11.9. The molecule has 0 saturated heterocycles. The normalized spacial score (nSPS) is 12.3. The van der Waals surface area contributed by atoms with Gasteiger partial charge in [-0.05, 0) is 18.2 Å². The van der Waals surface area contributed by atoms with Gasteiger partial charge in [0.15, 0.2) is 24.3 Å². The summed E-state index contributed by atoms with van der Waals surface area (Å²) in [6.45, 7) is 0.407. The first-order chi connectivity index (χ1) is 11.6. The highest BCUT2D eigenvalue weighted by atomic mass is 16.6. The van der Waals surface area contributed by atoms with Crippen LogP contribution in [0.15, 0.2) is 42.6 Å². The number of hydrogen-bond donors (Lipinski definition) is 1. The third kappa shape index (κ3) is 3.54. The van der Waals surface area contributed by atoms with Gasteiger partial charge in [0.25, 0.3) is 5.91 Å². The van der Waals surface area contributed by atoms with Crippen LogP contribution in [0.1, 0.15) is 10.5 Å². The highest BCUT2D eigenvalue weighted by molar-refractivity contribution is 5.94. The Hall–Kier alpha value is -3.29. The van der Waals surface area contributed by atoms with Crippen molar-refractivity contribution in [3.8, 4) is 11.5 Å². The van der Waals surface area contributed by atoms with Gasteiger partial charge in [0, 0.05) is 23.9 Å². The van der Waals surface area contributed by atoms with Gasteiger partial charge >= 0.3 is 11.7 Å². The summed E-state index contributed by atoms with van der Waals surface area (Å²) in [5.74, 6) is -0.265. The van der Waals surface area contributed by atoms with Crippen molar-refractivity contribution in [3.05, 3.63) is 53.5 Å². The number of hydrogen-bond acceptors (Lipinski definition) is 6. The van der Waals surface area contributed by atoms with Crippen molar-refractivity contribution < 1.29 is 28.5 Å². The Morgan fingerprint density at radius 1 is 1.17 bits per heavy atom. The molecule has 8 nitrogen and oxygen atoms in total. The van der Waals surface area contributed by atoms with E-state index in [0.717, 1.165) is 0 Å². The van der Waals surface area contributed by atoms with Gasteiger partial charge in [0.2, 0.25) is 0 Å². The summed E-state index contributed by atoms with van der Waals surface area (Å²) in [7, 11) is 0. The van der Waals surface area contributed by atoms with Crippen molar-refractivity contribution in [2.75, 3.05) is 25.1 Å². The number of nitrogens with zero attached hydrogens (tertiary/aromatic N) is 1. The lowest BCUT2D eigenvalue weighted by Crippen LogP contribution is -2.35. The first-order valence-electron chi connectivity index (χ1n) is 7.18. The number of esters is 1. The number of nitrogens with one attached hydrogen (secondary N) is 1.